The van der Waals surface area contributed by atoms with Crippen LogP contribution in [0.4, 0.5) is 0 Å². The molecule has 1 heterocycles. The molecule has 2 atom stereocenters. The Balaban J connectivity index is 1.99. The van der Waals surface area contributed by atoms with E-state index in [-0.39, 0.29) is 0 Å². The quantitative estimate of drug-likeness (QED) is 0.643. The number of ether oxygens (including phenoxy) is 1. The standard InChI is InChI=1S/C14H29NO2/c1-12(2)10-14(3,16)11-15-8-4-6-13-7-5-9-17-13/h12-13,15-16H,4-11H2,1-3H3. The van der Waals surface area contributed by atoms with E-state index >= 15 is 0 Å². The van der Waals surface area contributed by atoms with Crippen LogP contribution in [0.15, 0.2) is 0 Å². The monoisotopic (exact) mass is 243 g/mol. The van der Waals surface area contributed by atoms with Gasteiger partial charge in [0.25, 0.3) is 0 Å². The van der Waals surface area contributed by atoms with Crippen molar-refractivity contribution in [3.8, 4) is 0 Å². The van der Waals surface area contributed by atoms with Gasteiger partial charge in [0.15, 0.2) is 0 Å². The summed E-state index contributed by atoms with van der Waals surface area (Å²) in [5.74, 6) is 0.540. The van der Waals surface area contributed by atoms with E-state index in [0.29, 0.717) is 18.6 Å². The molecule has 1 rings (SSSR count). The first-order valence-corrected chi connectivity index (χ1v) is 7.04. The summed E-state index contributed by atoms with van der Waals surface area (Å²) in [5, 5.41) is 13.5. The summed E-state index contributed by atoms with van der Waals surface area (Å²) in [7, 11) is 0. The lowest BCUT2D eigenvalue weighted by Crippen LogP contribution is -2.39. The van der Waals surface area contributed by atoms with Crippen molar-refractivity contribution in [2.75, 3.05) is 19.7 Å². The number of nitrogens with one attached hydrogen (secondary N) is 1. The highest BCUT2D eigenvalue weighted by molar-refractivity contribution is 4.77. The molecule has 0 bridgehead atoms. The highest BCUT2D eigenvalue weighted by Crippen LogP contribution is 2.17. The van der Waals surface area contributed by atoms with Gasteiger partial charge >= 0.3 is 0 Å². The maximum absolute atomic E-state index is 10.1. The molecule has 1 fully saturated rings. The molecular weight excluding hydrogens is 214 g/mol. The summed E-state index contributed by atoms with van der Waals surface area (Å²) in [6.45, 7) is 8.82. The minimum atomic E-state index is -0.571. The van der Waals surface area contributed by atoms with Crippen molar-refractivity contribution >= 4 is 0 Å². The summed E-state index contributed by atoms with van der Waals surface area (Å²) in [6, 6.07) is 0. The van der Waals surface area contributed by atoms with Gasteiger partial charge < -0.3 is 15.2 Å². The summed E-state index contributed by atoms with van der Waals surface area (Å²) < 4.78 is 5.58. The van der Waals surface area contributed by atoms with Crippen LogP contribution in [0.2, 0.25) is 0 Å². The van der Waals surface area contributed by atoms with Gasteiger partial charge in [0.2, 0.25) is 0 Å². The molecule has 0 aromatic carbocycles. The fourth-order valence-electron chi connectivity index (χ4n) is 2.64. The Morgan fingerprint density at radius 1 is 1.47 bits per heavy atom. The van der Waals surface area contributed by atoms with Crippen molar-refractivity contribution in [3.05, 3.63) is 0 Å². The maximum Gasteiger partial charge on any atom is 0.0746 e. The van der Waals surface area contributed by atoms with Gasteiger partial charge in [-0.15, -0.1) is 0 Å². The Hall–Kier alpha value is -0.120. The van der Waals surface area contributed by atoms with Crippen LogP contribution < -0.4 is 5.32 Å². The van der Waals surface area contributed by atoms with Gasteiger partial charge in [-0.05, 0) is 51.5 Å². The average molecular weight is 243 g/mol. The van der Waals surface area contributed by atoms with Crippen molar-refractivity contribution in [1.29, 1.82) is 0 Å². The molecule has 0 aromatic heterocycles. The van der Waals surface area contributed by atoms with Gasteiger partial charge in [-0.3, -0.25) is 0 Å². The van der Waals surface area contributed by atoms with Gasteiger partial charge in [0, 0.05) is 13.2 Å². The van der Waals surface area contributed by atoms with Gasteiger partial charge in [0.1, 0.15) is 0 Å². The Bertz CT molecular complexity index is 198. The predicted molar refractivity (Wildman–Crippen MR) is 71.2 cm³/mol. The Morgan fingerprint density at radius 2 is 2.24 bits per heavy atom. The van der Waals surface area contributed by atoms with E-state index in [1.165, 1.54) is 12.8 Å². The highest BCUT2D eigenvalue weighted by Gasteiger charge is 2.21. The van der Waals surface area contributed by atoms with Crippen LogP contribution in [0, 0.1) is 5.92 Å². The first kappa shape index (κ1) is 14.9. The summed E-state index contributed by atoms with van der Waals surface area (Å²) >= 11 is 0. The lowest BCUT2D eigenvalue weighted by Gasteiger charge is -2.25. The minimum absolute atomic E-state index is 0.493. The molecule has 1 aliphatic heterocycles. The zero-order chi connectivity index (χ0) is 12.7. The summed E-state index contributed by atoms with van der Waals surface area (Å²) in [4.78, 5) is 0. The van der Waals surface area contributed by atoms with Crippen molar-refractivity contribution in [3.63, 3.8) is 0 Å². The van der Waals surface area contributed by atoms with Crippen molar-refractivity contribution < 1.29 is 9.84 Å². The van der Waals surface area contributed by atoms with Crippen LogP contribution >= 0.6 is 0 Å². The molecule has 2 N–H and O–H groups in total. The molecule has 102 valence electrons. The summed E-state index contributed by atoms with van der Waals surface area (Å²) in [6.07, 6.45) is 6.09. The second kappa shape index (κ2) is 7.34. The SMILES string of the molecule is CC(C)CC(C)(O)CNCCCC1CCCO1. The molecule has 0 aliphatic carbocycles. The first-order valence-electron chi connectivity index (χ1n) is 7.04. The molecule has 3 nitrogen and oxygen atoms in total. The third-order valence-electron chi connectivity index (χ3n) is 3.26. The number of rotatable bonds is 8. The third kappa shape index (κ3) is 7.02. The van der Waals surface area contributed by atoms with Crippen LogP contribution in [0.5, 0.6) is 0 Å². The van der Waals surface area contributed by atoms with E-state index in [0.717, 1.165) is 32.4 Å². The zero-order valence-electron chi connectivity index (χ0n) is 11.7. The van der Waals surface area contributed by atoms with E-state index in [4.69, 9.17) is 4.74 Å². The molecule has 0 aromatic rings. The molecule has 1 saturated heterocycles. The smallest absolute Gasteiger partial charge is 0.0746 e. The normalized spacial score (nSPS) is 24.2. The van der Waals surface area contributed by atoms with Crippen molar-refractivity contribution in [2.45, 2.75) is 64.6 Å². The minimum Gasteiger partial charge on any atom is -0.389 e. The molecule has 2 unspecified atom stereocenters. The van der Waals surface area contributed by atoms with Crippen LogP contribution in [-0.4, -0.2) is 36.5 Å². The lowest BCUT2D eigenvalue weighted by molar-refractivity contribution is 0.0383. The van der Waals surface area contributed by atoms with Crippen LogP contribution in [0.25, 0.3) is 0 Å². The Kier molecular flexibility index (Phi) is 6.45. The zero-order valence-corrected chi connectivity index (χ0v) is 11.7. The molecule has 0 spiro atoms. The number of aliphatic hydroxyl groups is 1. The first-order chi connectivity index (χ1) is 7.99. The predicted octanol–water partition coefficient (Wildman–Crippen LogP) is 2.33. The van der Waals surface area contributed by atoms with E-state index in [1.807, 2.05) is 6.92 Å². The van der Waals surface area contributed by atoms with Gasteiger partial charge in [0.05, 0.1) is 11.7 Å². The van der Waals surface area contributed by atoms with Gasteiger partial charge in [-0.2, -0.15) is 0 Å². The Labute approximate surface area is 106 Å². The number of hydrogen-bond acceptors (Lipinski definition) is 3. The van der Waals surface area contributed by atoms with E-state index < -0.39 is 5.60 Å². The number of hydrogen-bond donors (Lipinski definition) is 2. The van der Waals surface area contributed by atoms with Crippen LogP contribution in [0.3, 0.4) is 0 Å². The van der Waals surface area contributed by atoms with Crippen LogP contribution in [0.1, 0.15) is 52.9 Å². The molecule has 3 heteroatoms. The molecule has 0 radical (unpaired) electrons. The highest BCUT2D eigenvalue weighted by atomic mass is 16.5. The molecule has 1 aliphatic rings. The Morgan fingerprint density at radius 3 is 2.82 bits per heavy atom. The largest absolute Gasteiger partial charge is 0.389 e. The van der Waals surface area contributed by atoms with Crippen LogP contribution in [-0.2, 0) is 4.74 Å². The summed E-state index contributed by atoms with van der Waals surface area (Å²) in [5.41, 5.74) is -0.571. The molecule has 17 heavy (non-hydrogen) atoms. The fourth-order valence-corrected chi connectivity index (χ4v) is 2.64. The van der Waals surface area contributed by atoms with Crippen molar-refractivity contribution in [2.24, 2.45) is 5.92 Å². The molecule has 0 amide bonds. The van der Waals surface area contributed by atoms with E-state index in [2.05, 4.69) is 19.2 Å². The molecular formula is C14H29NO2. The van der Waals surface area contributed by atoms with Gasteiger partial charge in [-0.25, -0.2) is 0 Å². The van der Waals surface area contributed by atoms with E-state index in [1.54, 1.807) is 0 Å². The topological polar surface area (TPSA) is 41.5 Å². The van der Waals surface area contributed by atoms with E-state index in [9.17, 15) is 5.11 Å². The maximum atomic E-state index is 10.1. The van der Waals surface area contributed by atoms with Crippen molar-refractivity contribution in [1.82, 2.24) is 5.32 Å². The lowest BCUT2D eigenvalue weighted by atomic mass is 9.94. The molecule has 0 saturated carbocycles. The second-order valence-corrected chi connectivity index (χ2v) is 6.05. The fraction of sp³-hybridized carbons (Fsp3) is 1.00. The van der Waals surface area contributed by atoms with Gasteiger partial charge in [-0.1, -0.05) is 13.8 Å². The third-order valence-corrected chi connectivity index (χ3v) is 3.26. The second-order valence-electron chi connectivity index (χ2n) is 6.05. The average Bonchev–Trinajstić information content (AvgIpc) is 2.67.